The van der Waals surface area contributed by atoms with Crippen LogP contribution >= 0.6 is 26.8 Å². The van der Waals surface area contributed by atoms with Gasteiger partial charge >= 0.3 is 15.2 Å². The Morgan fingerprint density at radius 1 is 1.39 bits per heavy atom. The van der Waals surface area contributed by atoms with E-state index in [9.17, 15) is 23.5 Å². The van der Waals surface area contributed by atoms with Crippen LogP contribution in [0.4, 0.5) is 10.2 Å². The van der Waals surface area contributed by atoms with Gasteiger partial charge in [0.05, 0.1) is 18.2 Å². The first-order valence-electron chi connectivity index (χ1n) is 10.2. The Bertz CT molecular complexity index is 1280. The smallest absolute Gasteiger partial charge is 0.340 e. The van der Waals surface area contributed by atoms with Gasteiger partial charge in [-0.25, -0.2) is 14.1 Å². The molecule has 0 amide bonds. The Hall–Kier alpha value is -1.77. The summed E-state index contributed by atoms with van der Waals surface area (Å²) in [5.74, 6) is -1.10. The molecule has 1 radical (unpaired) electrons. The second-order valence-corrected chi connectivity index (χ2v) is 14.1. The van der Waals surface area contributed by atoms with Crippen LogP contribution in [0, 0.1) is 0 Å². The van der Waals surface area contributed by atoms with Crippen LogP contribution in [0.5, 0.6) is 0 Å². The number of fused-ring (bicyclic) bond motifs is 1. The van der Waals surface area contributed by atoms with Crippen molar-refractivity contribution in [3.05, 3.63) is 48.1 Å². The predicted octanol–water partition coefficient (Wildman–Crippen LogP) is 2.28. The van der Waals surface area contributed by atoms with Crippen LogP contribution in [0.2, 0.25) is 11.8 Å². The number of ether oxygens (including phenoxy) is 1. The van der Waals surface area contributed by atoms with Crippen LogP contribution in [-0.4, -0.2) is 79.4 Å². The van der Waals surface area contributed by atoms with Crippen molar-refractivity contribution in [2.75, 3.05) is 17.5 Å². The van der Waals surface area contributed by atoms with E-state index in [1.807, 2.05) is 6.55 Å². The van der Waals surface area contributed by atoms with Crippen molar-refractivity contribution < 1.29 is 42.6 Å². The van der Waals surface area contributed by atoms with Gasteiger partial charge in [-0.05, 0) is 23.3 Å². The number of anilines is 1. The molecule has 5 atom stereocenters. The molecule has 3 heterocycles. The van der Waals surface area contributed by atoms with Gasteiger partial charge in [0.15, 0.2) is 23.9 Å². The van der Waals surface area contributed by atoms with Crippen LogP contribution in [0.25, 0.3) is 11.0 Å². The highest BCUT2D eigenvalue weighted by Gasteiger charge is 2.47. The van der Waals surface area contributed by atoms with Crippen LogP contribution in [0.1, 0.15) is 6.23 Å². The molecule has 0 aliphatic carbocycles. The zero-order valence-electron chi connectivity index (χ0n) is 18.8. The van der Waals surface area contributed by atoms with Crippen molar-refractivity contribution in [3.8, 4) is 0 Å². The Labute approximate surface area is 211 Å². The number of aliphatic hydroxyl groups excluding tert-OH is 1. The SMILES string of the molecule is C=C/C=C(\C=C)[Si](C)Nc1nc(Cl)nc2c1cnn2[C@@H]1O[C@H](COP(=O)(O)CP(=O)(O)O)[C@@H](O)[C@@H]1F. The van der Waals surface area contributed by atoms with Gasteiger partial charge in [-0.2, -0.15) is 10.1 Å². The molecule has 5 N–H and O–H groups in total. The number of hydrogen-bond acceptors (Lipinski definition) is 9. The number of rotatable bonds is 11. The van der Waals surface area contributed by atoms with E-state index in [4.69, 9.17) is 26.1 Å². The molecule has 1 aliphatic rings. The third kappa shape index (κ3) is 6.75. The Balaban J connectivity index is 1.84. The second kappa shape index (κ2) is 11.3. The standard InChI is InChI=1S/C18H24ClFN5O8P2Si/c1-4-6-10(5-2)36(3)24-15-11-7-21-25(16(11)23-18(19)22-15)17-13(20)14(26)12(33-17)8-32-35(30,31)9-34(27,28)29/h4-7,12-14,17,26H,1-2,8-9H2,3H3,(H,30,31)(H,22,23,24)(H2,27,28,29)/b10-6+/t12-,13+,14-,17-/m1/s1. The van der Waals surface area contributed by atoms with Gasteiger partial charge in [0.2, 0.25) is 14.2 Å². The third-order valence-electron chi connectivity index (χ3n) is 5.02. The molecular weight excluding hydrogens is 559 g/mol. The number of aromatic nitrogens is 4. The van der Waals surface area contributed by atoms with Gasteiger partial charge in [-0.3, -0.25) is 9.13 Å². The number of hydrogen-bond donors (Lipinski definition) is 5. The van der Waals surface area contributed by atoms with Gasteiger partial charge < -0.3 is 34.0 Å². The summed E-state index contributed by atoms with van der Waals surface area (Å²) in [6, 6.07) is 0. The maximum atomic E-state index is 15.0. The molecular formula is C18H24ClFN5O8P2Si. The normalized spacial score (nSPS) is 24.7. The van der Waals surface area contributed by atoms with Crippen molar-refractivity contribution in [3.63, 3.8) is 0 Å². The minimum absolute atomic E-state index is 0.0934. The van der Waals surface area contributed by atoms with Gasteiger partial charge in [0, 0.05) is 0 Å². The van der Waals surface area contributed by atoms with E-state index in [1.165, 1.54) is 6.20 Å². The highest BCUT2D eigenvalue weighted by molar-refractivity contribution is 7.70. The molecule has 1 fully saturated rings. The maximum absolute atomic E-state index is 15.0. The summed E-state index contributed by atoms with van der Waals surface area (Å²) in [5.41, 5.74) is 0.0934. The molecule has 1 unspecified atom stereocenters. The molecule has 3 rings (SSSR count). The van der Waals surface area contributed by atoms with Gasteiger partial charge in [-0.15, -0.1) is 0 Å². The largest absolute Gasteiger partial charge is 0.391 e. The van der Waals surface area contributed by atoms with E-state index < -0.39 is 61.3 Å². The number of halogens is 2. The fourth-order valence-electron chi connectivity index (χ4n) is 3.41. The number of aliphatic hydroxyl groups is 1. The molecule has 2 aromatic heterocycles. The molecule has 36 heavy (non-hydrogen) atoms. The monoisotopic (exact) mass is 582 g/mol. The number of alkyl halides is 1. The van der Waals surface area contributed by atoms with Gasteiger partial charge in [-0.1, -0.05) is 31.4 Å². The lowest BCUT2D eigenvalue weighted by molar-refractivity contribution is -0.0472. The molecule has 18 heteroatoms. The first kappa shape index (κ1) is 28.8. The lowest BCUT2D eigenvalue weighted by Gasteiger charge is -2.18. The van der Waals surface area contributed by atoms with Crippen LogP contribution in [0.15, 0.2) is 42.8 Å². The molecule has 2 aromatic rings. The zero-order valence-corrected chi connectivity index (χ0v) is 22.4. The first-order valence-corrected chi connectivity index (χ1v) is 16.2. The van der Waals surface area contributed by atoms with E-state index in [0.29, 0.717) is 11.2 Å². The van der Waals surface area contributed by atoms with E-state index in [1.54, 1.807) is 18.2 Å². The summed E-state index contributed by atoms with van der Waals surface area (Å²) in [5, 5.41) is 15.5. The summed E-state index contributed by atoms with van der Waals surface area (Å²) < 4.78 is 49.1. The summed E-state index contributed by atoms with van der Waals surface area (Å²) in [6.07, 6.45) is -0.346. The van der Waals surface area contributed by atoms with Crippen molar-refractivity contribution in [2.45, 2.75) is 31.2 Å². The van der Waals surface area contributed by atoms with Crippen molar-refractivity contribution in [1.82, 2.24) is 19.7 Å². The highest BCUT2D eigenvalue weighted by Crippen LogP contribution is 2.55. The summed E-state index contributed by atoms with van der Waals surface area (Å²) in [6.45, 7) is 8.58. The van der Waals surface area contributed by atoms with Crippen LogP contribution < -0.4 is 4.98 Å². The Morgan fingerprint density at radius 3 is 2.69 bits per heavy atom. The number of nitrogens with zero attached hydrogens (tertiary/aromatic N) is 4. The highest BCUT2D eigenvalue weighted by atomic mass is 35.5. The number of nitrogens with one attached hydrogen (secondary N) is 1. The molecule has 0 aromatic carbocycles. The molecule has 13 nitrogen and oxygen atoms in total. The minimum atomic E-state index is -4.86. The molecule has 0 spiro atoms. The Kier molecular flexibility index (Phi) is 9.05. The zero-order chi connectivity index (χ0) is 26.8. The molecule has 0 bridgehead atoms. The number of allylic oxidation sites excluding steroid dienone is 4. The van der Waals surface area contributed by atoms with Crippen LogP contribution in [0.3, 0.4) is 0 Å². The van der Waals surface area contributed by atoms with Gasteiger partial charge in [0.25, 0.3) is 0 Å². The summed E-state index contributed by atoms with van der Waals surface area (Å²) in [4.78, 5) is 38.9. The lowest BCUT2D eigenvalue weighted by Crippen LogP contribution is -2.31. The van der Waals surface area contributed by atoms with E-state index in [0.717, 1.165) is 9.88 Å². The second-order valence-electron chi connectivity index (χ2n) is 7.72. The fourth-order valence-corrected chi connectivity index (χ4v) is 7.50. The molecule has 197 valence electrons. The van der Waals surface area contributed by atoms with E-state index in [2.05, 4.69) is 37.7 Å². The molecule has 1 saturated heterocycles. The van der Waals surface area contributed by atoms with Crippen molar-refractivity contribution in [1.29, 1.82) is 0 Å². The Morgan fingerprint density at radius 2 is 2.08 bits per heavy atom. The van der Waals surface area contributed by atoms with E-state index >= 15 is 0 Å². The maximum Gasteiger partial charge on any atom is 0.340 e. The van der Waals surface area contributed by atoms with Crippen molar-refractivity contribution in [2.24, 2.45) is 0 Å². The summed E-state index contributed by atoms with van der Waals surface area (Å²) >= 11 is 6.09. The average molecular weight is 583 g/mol. The average Bonchev–Trinajstić information content (AvgIpc) is 3.30. The fraction of sp³-hybridized carbons (Fsp3) is 0.389. The van der Waals surface area contributed by atoms with Crippen molar-refractivity contribution >= 4 is 52.6 Å². The summed E-state index contributed by atoms with van der Waals surface area (Å²) in [7, 11) is -11.0. The van der Waals surface area contributed by atoms with Crippen LogP contribution in [-0.2, 0) is 18.4 Å². The van der Waals surface area contributed by atoms with Gasteiger partial charge in [0.1, 0.15) is 18.0 Å². The quantitative estimate of drug-likeness (QED) is 0.113. The topological polar surface area (TPSA) is 189 Å². The lowest BCUT2D eigenvalue weighted by atomic mass is 10.1. The minimum Gasteiger partial charge on any atom is -0.391 e. The molecule has 0 saturated carbocycles. The predicted molar refractivity (Wildman–Crippen MR) is 132 cm³/mol. The first-order chi connectivity index (χ1) is 16.8. The molecule has 1 aliphatic heterocycles. The van der Waals surface area contributed by atoms with E-state index in [-0.39, 0.29) is 10.9 Å². The third-order valence-corrected chi connectivity index (χ3v) is 10.5.